The van der Waals surface area contributed by atoms with Crippen molar-refractivity contribution in [3.63, 3.8) is 0 Å². The molecule has 3 aliphatic rings. The molecule has 22 heavy (non-hydrogen) atoms. The number of fused-ring (bicyclic) bond motifs is 2. The maximum Gasteiger partial charge on any atom is 0.243 e. The molecular formula is C16H28ClN3O2. The minimum atomic E-state index is -0.251. The van der Waals surface area contributed by atoms with Crippen molar-refractivity contribution in [3.05, 3.63) is 0 Å². The van der Waals surface area contributed by atoms with Gasteiger partial charge in [-0.1, -0.05) is 6.42 Å². The van der Waals surface area contributed by atoms with Crippen LogP contribution in [0.3, 0.4) is 0 Å². The summed E-state index contributed by atoms with van der Waals surface area (Å²) >= 11 is 0. The van der Waals surface area contributed by atoms with Crippen LogP contribution in [0.15, 0.2) is 0 Å². The van der Waals surface area contributed by atoms with Gasteiger partial charge >= 0.3 is 0 Å². The summed E-state index contributed by atoms with van der Waals surface area (Å²) in [6.07, 6.45) is 7.40. The lowest BCUT2D eigenvalue weighted by Gasteiger charge is -2.45. The van der Waals surface area contributed by atoms with E-state index in [-0.39, 0.29) is 36.3 Å². The van der Waals surface area contributed by atoms with Crippen LogP contribution in [0.1, 0.15) is 51.9 Å². The Bertz CT molecular complexity index is 418. The second kappa shape index (κ2) is 7.18. The second-order valence-corrected chi connectivity index (χ2v) is 7.09. The average Bonchev–Trinajstić information content (AvgIpc) is 2.89. The maximum absolute atomic E-state index is 12.6. The van der Waals surface area contributed by atoms with Crippen LogP contribution in [0, 0.1) is 11.8 Å². The zero-order valence-corrected chi connectivity index (χ0v) is 14.1. The zero-order valence-electron chi connectivity index (χ0n) is 13.3. The molecule has 0 aromatic heterocycles. The molecule has 2 saturated carbocycles. The molecule has 6 heteroatoms. The molecule has 3 atom stereocenters. The van der Waals surface area contributed by atoms with Gasteiger partial charge in [0.25, 0.3) is 0 Å². The minimum Gasteiger partial charge on any atom is -0.351 e. The maximum atomic E-state index is 12.6. The fourth-order valence-corrected chi connectivity index (χ4v) is 4.70. The molecule has 3 unspecified atom stereocenters. The molecule has 2 bridgehead atoms. The summed E-state index contributed by atoms with van der Waals surface area (Å²) in [4.78, 5) is 25.9. The third-order valence-corrected chi connectivity index (χ3v) is 5.65. The summed E-state index contributed by atoms with van der Waals surface area (Å²) in [6, 6.07) is 0.327. The lowest BCUT2D eigenvalue weighted by Crippen LogP contribution is -2.57. The normalized spacial score (nSPS) is 37.4. The molecule has 126 valence electrons. The number of rotatable bonds is 2. The Morgan fingerprint density at radius 2 is 1.73 bits per heavy atom. The van der Waals surface area contributed by atoms with Crippen molar-refractivity contribution in [1.82, 2.24) is 10.2 Å². The van der Waals surface area contributed by atoms with Gasteiger partial charge in [0.2, 0.25) is 11.8 Å². The molecule has 3 N–H and O–H groups in total. The predicted octanol–water partition coefficient (Wildman–Crippen LogP) is 1.44. The van der Waals surface area contributed by atoms with Gasteiger partial charge in [-0.2, -0.15) is 0 Å². The number of hydrogen-bond donors (Lipinski definition) is 2. The zero-order chi connectivity index (χ0) is 15.0. The molecule has 0 spiro atoms. The van der Waals surface area contributed by atoms with Crippen LogP contribution < -0.4 is 11.1 Å². The van der Waals surface area contributed by atoms with Gasteiger partial charge in [-0.3, -0.25) is 9.59 Å². The van der Waals surface area contributed by atoms with Crippen molar-refractivity contribution in [3.8, 4) is 0 Å². The summed E-state index contributed by atoms with van der Waals surface area (Å²) in [5.74, 6) is 1.13. The van der Waals surface area contributed by atoms with E-state index in [0.717, 1.165) is 32.2 Å². The monoisotopic (exact) mass is 329 g/mol. The minimum absolute atomic E-state index is 0. The summed E-state index contributed by atoms with van der Waals surface area (Å²) in [6.45, 7) is 2.27. The van der Waals surface area contributed by atoms with Crippen LogP contribution >= 0.6 is 12.4 Å². The molecule has 2 amide bonds. The third kappa shape index (κ3) is 3.40. The number of nitrogens with one attached hydrogen (secondary N) is 1. The van der Waals surface area contributed by atoms with Crippen molar-refractivity contribution in [2.75, 3.05) is 6.54 Å². The highest BCUT2D eigenvalue weighted by Gasteiger charge is 2.42. The lowest BCUT2D eigenvalue weighted by atomic mass is 9.67. The first-order valence-electron chi connectivity index (χ1n) is 8.39. The number of halogens is 1. The van der Waals surface area contributed by atoms with E-state index in [0.29, 0.717) is 17.9 Å². The SMILES string of the molecule is CC(=O)N1CCCC1C(=O)NC1C2CCCC1CC(N)C2.Cl. The summed E-state index contributed by atoms with van der Waals surface area (Å²) in [5.41, 5.74) is 6.14. The molecule has 1 saturated heterocycles. The molecule has 0 aromatic carbocycles. The first-order chi connectivity index (χ1) is 10.1. The largest absolute Gasteiger partial charge is 0.351 e. The van der Waals surface area contributed by atoms with Gasteiger partial charge in [0.05, 0.1) is 0 Å². The molecule has 3 rings (SSSR count). The van der Waals surface area contributed by atoms with Gasteiger partial charge in [0.1, 0.15) is 6.04 Å². The number of nitrogens with two attached hydrogens (primary N) is 1. The number of amides is 2. The van der Waals surface area contributed by atoms with Crippen LogP contribution in [0.5, 0.6) is 0 Å². The Morgan fingerprint density at radius 1 is 1.09 bits per heavy atom. The Hall–Kier alpha value is -0.810. The highest BCUT2D eigenvalue weighted by atomic mass is 35.5. The van der Waals surface area contributed by atoms with Crippen LogP contribution in [0.4, 0.5) is 0 Å². The van der Waals surface area contributed by atoms with E-state index in [1.54, 1.807) is 11.8 Å². The van der Waals surface area contributed by atoms with Crippen LogP contribution in [0.25, 0.3) is 0 Å². The Labute approximate surface area is 138 Å². The molecule has 3 fully saturated rings. The molecule has 0 aromatic rings. The summed E-state index contributed by atoms with van der Waals surface area (Å²) in [7, 11) is 0. The number of carbonyl (C=O) groups is 2. The predicted molar refractivity (Wildman–Crippen MR) is 87.6 cm³/mol. The van der Waals surface area contributed by atoms with E-state index in [2.05, 4.69) is 5.32 Å². The molecule has 5 nitrogen and oxygen atoms in total. The topological polar surface area (TPSA) is 75.4 Å². The third-order valence-electron chi connectivity index (χ3n) is 5.65. The van der Waals surface area contributed by atoms with Crippen molar-refractivity contribution in [2.24, 2.45) is 17.6 Å². The summed E-state index contributed by atoms with van der Waals surface area (Å²) < 4.78 is 0. The highest BCUT2D eigenvalue weighted by molar-refractivity contribution is 5.87. The van der Waals surface area contributed by atoms with E-state index >= 15 is 0 Å². The smallest absolute Gasteiger partial charge is 0.243 e. The van der Waals surface area contributed by atoms with E-state index in [4.69, 9.17) is 5.73 Å². The Morgan fingerprint density at radius 3 is 2.32 bits per heavy atom. The van der Waals surface area contributed by atoms with E-state index in [9.17, 15) is 9.59 Å². The van der Waals surface area contributed by atoms with Crippen molar-refractivity contribution < 1.29 is 9.59 Å². The summed E-state index contributed by atoms with van der Waals surface area (Å²) in [5, 5.41) is 3.28. The molecule has 0 radical (unpaired) electrons. The van der Waals surface area contributed by atoms with Gasteiger partial charge in [-0.05, 0) is 50.4 Å². The van der Waals surface area contributed by atoms with Gasteiger partial charge in [0.15, 0.2) is 0 Å². The second-order valence-electron chi connectivity index (χ2n) is 7.09. The van der Waals surface area contributed by atoms with Gasteiger partial charge < -0.3 is 16.0 Å². The van der Waals surface area contributed by atoms with Gasteiger partial charge in [-0.15, -0.1) is 12.4 Å². The van der Waals surface area contributed by atoms with Crippen molar-refractivity contribution in [2.45, 2.75) is 70.0 Å². The number of likely N-dealkylation sites (tertiary alicyclic amines) is 1. The number of hydrogen-bond acceptors (Lipinski definition) is 3. The van der Waals surface area contributed by atoms with Crippen molar-refractivity contribution >= 4 is 24.2 Å². The highest BCUT2D eigenvalue weighted by Crippen LogP contribution is 2.39. The standard InChI is InChI=1S/C16H27N3O2.ClH/c1-10(20)19-7-3-6-14(19)16(21)18-15-11-4-2-5-12(15)9-13(17)8-11;/h11-15H,2-9,17H2,1H3,(H,18,21);1H. The lowest BCUT2D eigenvalue weighted by molar-refractivity contribution is -0.137. The van der Waals surface area contributed by atoms with Crippen LogP contribution in [0.2, 0.25) is 0 Å². The first-order valence-corrected chi connectivity index (χ1v) is 8.39. The molecule has 1 heterocycles. The molecule has 1 aliphatic heterocycles. The van der Waals surface area contributed by atoms with E-state index < -0.39 is 0 Å². The first kappa shape index (κ1) is 17.5. The van der Waals surface area contributed by atoms with Gasteiger partial charge in [-0.25, -0.2) is 0 Å². The fraction of sp³-hybridized carbons (Fsp3) is 0.875. The fourth-order valence-electron chi connectivity index (χ4n) is 4.70. The van der Waals surface area contributed by atoms with Crippen LogP contribution in [-0.2, 0) is 9.59 Å². The number of carbonyl (C=O) groups excluding carboxylic acids is 2. The van der Waals surface area contributed by atoms with E-state index in [1.165, 1.54) is 19.3 Å². The molecule has 2 aliphatic carbocycles. The molecular weight excluding hydrogens is 302 g/mol. The average molecular weight is 330 g/mol. The van der Waals surface area contributed by atoms with Crippen molar-refractivity contribution in [1.29, 1.82) is 0 Å². The Kier molecular flexibility index (Phi) is 5.72. The van der Waals surface area contributed by atoms with Gasteiger partial charge in [0, 0.05) is 25.6 Å². The quantitative estimate of drug-likeness (QED) is 0.805. The number of nitrogens with zero attached hydrogens (tertiary/aromatic N) is 1. The Balaban J connectivity index is 0.00000176. The van der Waals surface area contributed by atoms with Crippen LogP contribution in [-0.4, -0.2) is 41.4 Å². The van der Waals surface area contributed by atoms with E-state index in [1.807, 2.05) is 0 Å².